The van der Waals surface area contributed by atoms with Gasteiger partial charge in [-0.2, -0.15) is 0 Å². The zero-order chi connectivity index (χ0) is 19.1. The zero-order valence-electron chi connectivity index (χ0n) is 17.4. The molecule has 0 N–H and O–H groups in total. The average molecular weight is 371 g/mol. The van der Waals surface area contributed by atoms with Gasteiger partial charge in [0, 0.05) is 0 Å². The Morgan fingerprint density at radius 3 is 2.22 bits per heavy atom. The average Bonchev–Trinajstić information content (AvgIpc) is 2.70. The fraction of sp³-hybridized carbons (Fsp3) is 0.720. The largest absolute Gasteiger partial charge is 0.459 e. The summed E-state index contributed by atoms with van der Waals surface area (Å²) in [6, 6.07) is 8.27. The van der Waals surface area contributed by atoms with E-state index in [0.717, 1.165) is 24.7 Å². The Kier molecular flexibility index (Phi) is 7.79. The first-order valence-corrected chi connectivity index (χ1v) is 11.5. The standard InChI is InChI=1S/C25H38O2/c1-3-4-5-6-20-9-17-24(18-10-20)27-25(26)23-15-13-22(14-16-23)21-11-7-19(2)8-12-21/h13-16,19-21,24H,3-12,17-18H2,1-2H3. The molecule has 0 saturated heterocycles. The van der Waals surface area contributed by atoms with E-state index in [9.17, 15) is 4.79 Å². The lowest BCUT2D eigenvalue weighted by molar-refractivity contribution is 0.0161. The third-order valence-electron chi connectivity index (χ3n) is 6.92. The lowest BCUT2D eigenvalue weighted by atomic mass is 9.79. The van der Waals surface area contributed by atoms with Crippen LogP contribution >= 0.6 is 0 Å². The Labute approximate surface area is 166 Å². The lowest BCUT2D eigenvalue weighted by Gasteiger charge is -2.28. The second-order valence-corrected chi connectivity index (χ2v) is 9.12. The van der Waals surface area contributed by atoms with E-state index >= 15 is 0 Å². The van der Waals surface area contributed by atoms with Gasteiger partial charge in [0.2, 0.25) is 0 Å². The summed E-state index contributed by atoms with van der Waals surface area (Å²) in [6.45, 7) is 4.62. The highest BCUT2D eigenvalue weighted by Crippen LogP contribution is 2.35. The van der Waals surface area contributed by atoms with Crippen LogP contribution in [-0.4, -0.2) is 12.1 Å². The van der Waals surface area contributed by atoms with Gasteiger partial charge in [-0.1, -0.05) is 64.5 Å². The summed E-state index contributed by atoms with van der Waals surface area (Å²) in [5.41, 5.74) is 2.11. The second kappa shape index (κ2) is 10.3. The molecule has 0 atom stereocenters. The summed E-state index contributed by atoms with van der Waals surface area (Å²) in [4.78, 5) is 12.5. The van der Waals surface area contributed by atoms with E-state index in [4.69, 9.17) is 4.74 Å². The van der Waals surface area contributed by atoms with Crippen molar-refractivity contribution in [1.29, 1.82) is 0 Å². The predicted octanol–water partition coefficient (Wildman–Crippen LogP) is 7.28. The summed E-state index contributed by atoms with van der Waals surface area (Å²) in [7, 11) is 0. The van der Waals surface area contributed by atoms with Crippen LogP contribution in [0.2, 0.25) is 0 Å². The van der Waals surface area contributed by atoms with Crippen LogP contribution in [0, 0.1) is 11.8 Å². The maximum absolute atomic E-state index is 12.5. The van der Waals surface area contributed by atoms with Crippen LogP contribution in [0.1, 0.15) is 113 Å². The van der Waals surface area contributed by atoms with Gasteiger partial charge in [0.05, 0.1) is 5.56 Å². The number of rotatable bonds is 7. The van der Waals surface area contributed by atoms with Gasteiger partial charge in [-0.05, 0) is 74.0 Å². The van der Waals surface area contributed by atoms with E-state index in [0.29, 0.717) is 11.5 Å². The minimum atomic E-state index is -0.131. The van der Waals surface area contributed by atoms with Crippen molar-refractivity contribution in [2.75, 3.05) is 0 Å². The summed E-state index contributed by atoms with van der Waals surface area (Å²) in [5.74, 6) is 2.27. The molecule has 2 fully saturated rings. The predicted molar refractivity (Wildman–Crippen MR) is 112 cm³/mol. The first kappa shape index (κ1) is 20.4. The molecule has 0 radical (unpaired) electrons. The number of hydrogen-bond acceptors (Lipinski definition) is 2. The number of carbonyl (C=O) groups excluding carboxylic acids is 1. The van der Waals surface area contributed by atoms with Crippen molar-refractivity contribution in [3.63, 3.8) is 0 Å². The summed E-state index contributed by atoms with van der Waals surface area (Å²) in [6.07, 6.45) is 15.2. The van der Waals surface area contributed by atoms with Crippen molar-refractivity contribution in [2.45, 2.75) is 103 Å². The van der Waals surface area contributed by atoms with Crippen molar-refractivity contribution < 1.29 is 9.53 Å². The molecule has 0 bridgehead atoms. The monoisotopic (exact) mass is 370 g/mol. The quantitative estimate of drug-likeness (QED) is 0.372. The SMILES string of the molecule is CCCCCC1CCC(OC(=O)c2ccc(C3CCC(C)CC3)cc2)CC1. The van der Waals surface area contributed by atoms with E-state index in [-0.39, 0.29) is 12.1 Å². The Balaban J connectivity index is 1.43. The number of benzene rings is 1. The first-order valence-electron chi connectivity index (χ1n) is 11.5. The van der Waals surface area contributed by atoms with Crippen molar-refractivity contribution in [3.8, 4) is 0 Å². The maximum Gasteiger partial charge on any atom is 0.338 e. The molecular weight excluding hydrogens is 332 g/mol. The third kappa shape index (κ3) is 6.09. The number of carbonyl (C=O) groups is 1. The molecule has 1 aromatic rings. The van der Waals surface area contributed by atoms with E-state index < -0.39 is 0 Å². The smallest absolute Gasteiger partial charge is 0.338 e. The first-order chi connectivity index (χ1) is 13.2. The van der Waals surface area contributed by atoms with Crippen LogP contribution in [0.25, 0.3) is 0 Å². The van der Waals surface area contributed by atoms with Crippen LogP contribution in [0.5, 0.6) is 0 Å². The Bertz CT molecular complexity index is 560. The Morgan fingerprint density at radius 2 is 1.59 bits per heavy atom. The fourth-order valence-corrected chi connectivity index (χ4v) is 4.93. The second-order valence-electron chi connectivity index (χ2n) is 9.12. The molecule has 0 aliphatic heterocycles. The molecule has 0 unspecified atom stereocenters. The van der Waals surface area contributed by atoms with Gasteiger partial charge in [-0.3, -0.25) is 0 Å². The molecule has 27 heavy (non-hydrogen) atoms. The molecule has 1 aromatic carbocycles. The molecule has 2 aliphatic carbocycles. The molecule has 3 rings (SSSR count). The fourth-order valence-electron chi connectivity index (χ4n) is 4.93. The minimum absolute atomic E-state index is 0.124. The van der Waals surface area contributed by atoms with Gasteiger partial charge in [0.25, 0.3) is 0 Å². The summed E-state index contributed by atoms with van der Waals surface area (Å²) < 4.78 is 5.81. The van der Waals surface area contributed by atoms with Gasteiger partial charge in [-0.15, -0.1) is 0 Å². The number of esters is 1. The summed E-state index contributed by atoms with van der Waals surface area (Å²) in [5, 5.41) is 0. The molecule has 2 nitrogen and oxygen atoms in total. The van der Waals surface area contributed by atoms with Gasteiger partial charge in [-0.25, -0.2) is 4.79 Å². The highest BCUT2D eigenvalue weighted by atomic mass is 16.5. The normalized spacial score (nSPS) is 28.7. The Morgan fingerprint density at radius 1 is 0.926 bits per heavy atom. The van der Waals surface area contributed by atoms with Gasteiger partial charge in [0.15, 0.2) is 0 Å². The molecule has 2 saturated carbocycles. The molecule has 0 heterocycles. The van der Waals surface area contributed by atoms with E-state index in [2.05, 4.69) is 26.0 Å². The van der Waals surface area contributed by atoms with Crippen molar-refractivity contribution in [2.24, 2.45) is 11.8 Å². The zero-order valence-corrected chi connectivity index (χ0v) is 17.4. The van der Waals surface area contributed by atoms with Crippen molar-refractivity contribution in [1.82, 2.24) is 0 Å². The molecule has 0 spiro atoms. The lowest BCUT2D eigenvalue weighted by Crippen LogP contribution is -2.24. The van der Waals surface area contributed by atoms with E-state index in [1.807, 2.05) is 12.1 Å². The Hall–Kier alpha value is -1.31. The summed E-state index contributed by atoms with van der Waals surface area (Å²) >= 11 is 0. The topological polar surface area (TPSA) is 26.3 Å². The van der Waals surface area contributed by atoms with Crippen molar-refractivity contribution >= 4 is 5.97 Å². The molecule has 2 heteroatoms. The number of hydrogen-bond donors (Lipinski definition) is 0. The molecule has 2 aliphatic rings. The van der Waals surface area contributed by atoms with Gasteiger partial charge >= 0.3 is 5.97 Å². The third-order valence-corrected chi connectivity index (χ3v) is 6.92. The van der Waals surface area contributed by atoms with Crippen LogP contribution in [-0.2, 0) is 4.74 Å². The van der Waals surface area contributed by atoms with Crippen LogP contribution < -0.4 is 0 Å². The van der Waals surface area contributed by atoms with Gasteiger partial charge < -0.3 is 4.74 Å². The minimum Gasteiger partial charge on any atom is -0.459 e. The van der Waals surface area contributed by atoms with E-state index in [1.165, 1.54) is 69.8 Å². The molecule has 0 aromatic heterocycles. The van der Waals surface area contributed by atoms with E-state index in [1.54, 1.807) is 0 Å². The van der Waals surface area contributed by atoms with Crippen LogP contribution in [0.3, 0.4) is 0 Å². The van der Waals surface area contributed by atoms with Crippen LogP contribution in [0.4, 0.5) is 0 Å². The molecule has 0 amide bonds. The number of unbranched alkanes of at least 4 members (excludes halogenated alkanes) is 2. The number of ether oxygens (including phenoxy) is 1. The van der Waals surface area contributed by atoms with Crippen molar-refractivity contribution in [3.05, 3.63) is 35.4 Å². The molecular formula is C25H38O2. The van der Waals surface area contributed by atoms with Gasteiger partial charge in [0.1, 0.15) is 6.10 Å². The maximum atomic E-state index is 12.5. The van der Waals surface area contributed by atoms with Crippen LogP contribution in [0.15, 0.2) is 24.3 Å². The highest BCUT2D eigenvalue weighted by molar-refractivity contribution is 5.89. The molecule has 150 valence electrons. The highest BCUT2D eigenvalue weighted by Gasteiger charge is 2.24.